The number of nitrogens with two attached hydrogens (primary N) is 1. The van der Waals surface area contributed by atoms with Gasteiger partial charge in [-0.15, -0.1) is 12.4 Å². The summed E-state index contributed by atoms with van der Waals surface area (Å²) in [6, 6.07) is 6.42. The van der Waals surface area contributed by atoms with Crippen molar-refractivity contribution in [2.24, 2.45) is 11.1 Å². The molecule has 1 aromatic rings. The molecule has 130 valence electrons. The molecular weight excluding hydrogens is 317 g/mol. The molecule has 0 saturated carbocycles. The first-order valence-electron chi connectivity index (χ1n) is 7.90. The van der Waals surface area contributed by atoms with Crippen molar-refractivity contribution in [1.82, 2.24) is 9.80 Å². The van der Waals surface area contributed by atoms with Gasteiger partial charge in [0, 0.05) is 19.6 Å². The fourth-order valence-electron chi connectivity index (χ4n) is 2.95. The molecule has 2 N–H and O–H groups in total. The molecule has 1 heterocycles. The molecule has 6 heteroatoms. The van der Waals surface area contributed by atoms with E-state index in [1.54, 1.807) is 11.0 Å². The Kier molecular flexibility index (Phi) is 7.45. The number of benzene rings is 1. The molecule has 2 rings (SSSR count). The molecule has 23 heavy (non-hydrogen) atoms. The van der Waals surface area contributed by atoms with E-state index in [4.69, 9.17) is 5.73 Å². The minimum atomic E-state index is -0.265. The number of carbonyl (C=O) groups is 1. The molecule has 1 fully saturated rings. The largest absolute Gasteiger partial charge is 0.338 e. The molecule has 1 atom stereocenters. The Morgan fingerprint density at radius 1 is 1.48 bits per heavy atom. The molecule has 1 unspecified atom stereocenters. The summed E-state index contributed by atoms with van der Waals surface area (Å²) in [7, 11) is 0. The van der Waals surface area contributed by atoms with Gasteiger partial charge in [-0.05, 0) is 49.5 Å². The summed E-state index contributed by atoms with van der Waals surface area (Å²) in [6.45, 7) is 8.04. The van der Waals surface area contributed by atoms with Gasteiger partial charge in [-0.1, -0.05) is 19.1 Å². The van der Waals surface area contributed by atoms with Gasteiger partial charge < -0.3 is 10.6 Å². The smallest absolute Gasteiger partial charge is 0.237 e. The third-order valence-corrected chi connectivity index (χ3v) is 4.49. The highest BCUT2D eigenvalue weighted by Crippen LogP contribution is 2.28. The zero-order valence-corrected chi connectivity index (χ0v) is 14.7. The lowest BCUT2D eigenvalue weighted by Gasteiger charge is -2.26. The third kappa shape index (κ3) is 5.44. The van der Waals surface area contributed by atoms with Crippen LogP contribution in [0.15, 0.2) is 24.3 Å². The van der Waals surface area contributed by atoms with Crippen molar-refractivity contribution in [1.29, 1.82) is 0 Å². The van der Waals surface area contributed by atoms with Crippen LogP contribution in [0.5, 0.6) is 0 Å². The maximum absolute atomic E-state index is 13.3. The Morgan fingerprint density at radius 2 is 2.22 bits per heavy atom. The summed E-state index contributed by atoms with van der Waals surface area (Å²) < 4.78 is 13.3. The molecule has 1 aromatic carbocycles. The number of nitrogens with zero attached hydrogens (tertiary/aromatic N) is 2. The number of hydrogen-bond donors (Lipinski definition) is 1. The maximum atomic E-state index is 13.3. The molecule has 0 bridgehead atoms. The average Bonchev–Trinajstić information content (AvgIpc) is 2.86. The van der Waals surface area contributed by atoms with Crippen LogP contribution >= 0.6 is 12.4 Å². The van der Waals surface area contributed by atoms with E-state index in [9.17, 15) is 9.18 Å². The summed E-state index contributed by atoms with van der Waals surface area (Å²) in [6.07, 6.45) is 1.03. The van der Waals surface area contributed by atoms with E-state index < -0.39 is 0 Å². The van der Waals surface area contributed by atoms with Gasteiger partial charge in [0.05, 0.1) is 6.54 Å². The molecule has 1 aliphatic heterocycles. The van der Waals surface area contributed by atoms with Gasteiger partial charge in [0.1, 0.15) is 5.82 Å². The van der Waals surface area contributed by atoms with Gasteiger partial charge in [-0.3, -0.25) is 9.69 Å². The second-order valence-electron chi connectivity index (χ2n) is 6.51. The van der Waals surface area contributed by atoms with Crippen molar-refractivity contribution in [3.8, 4) is 0 Å². The van der Waals surface area contributed by atoms with E-state index in [-0.39, 0.29) is 29.5 Å². The highest BCUT2D eigenvalue weighted by Gasteiger charge is 2.33. The van der Waals surface area contributed by atoms with Gasteiger partial charge in [0.25, 0.3) is 0 Å². The summed E-state index contributed by atoms with van der Waals surface area (Å²) in [4.78, 5) is 16.4. The lowest BCUT2D eigenvalue weighted by Crippen LogP contribution is -2.40. The first-order valence-corrected chi connectivity index (χ1v) is 7.90. The topological polar surface area (TPSA) is 49.6 Å². The molecule has 4 nitrogen and oxygen atoms in total. The number of carbonyl (C=O) groups excluding carboxylic acids is 1. The Labute approximate surface area is 144 Å². The number of hydrogen-bond acceptors (Lipinski definition) is 3. The highest BCUT2D eigenvalue weighted by atomic mass is 35.5. The Hall–Kier alpha value is -1.17. The fourth-order valence-corrected chi connectivity index (χ4v) is 2.95. The SMILES string of the molecule is CCN(Cc1cccc(F)c1)C(=O)CN1CCC(C)(CN)C1.Cl. The van der Waals surface area contributed by atoms with Crippen LogP contribution in [0.3, 0.4) is 0 Å². The molecule has 0 spiro atoms. The van der Waals surface area contributed by atoms with E-state index in [1.165, 1.54) is 12.1 Å². The first-order chi connectivity index (χ1) is 10.5. The monoisotopic (exact) mass is 343 g/mol. The Bertz CT molecular complexity index is 528. The molecule has 1 amide bonds. The van der Waals surface area contributed by atoms with Gasteiger partial charge in [-0.25, -0.2) is 4.39 Å². The fraction of sp³-hybridized carbons (Fsp3) is 0.588. The maximum Gasteiger partial charge on any atom is 0.237 e. The van der Waals surface area contributed by atoms with Crippen LogP contribution < -0.4 is 5.73 Å². The van der Waals surface area contributed by atoms with Crippen LogP contribution in [0.4, 0.5) is 4.39 Å². The van der Waals surface area contributed by atoms with E-state index in [0.717, 1.165) is 25.1 Å². The Morgan fingerprint density at radius 3 is 2.78 bits per heavy atom. The summed E-state index contributed by atoms with van der Waals surface area (Å²) >= 11 is 0. The van der Waals surface area contributed by atoms with Gasteiger partial charge in [0.15, 0.2) is 0 Å². The number of rotatable bonds is 6. The number of amides is 1. The van der Waals surface area contributed by atoms with E-state index in [2.05, 4.69) is 11.8 Å². The van der Waals surface area contributed by atoms with Crippen molar-refractivity contribution >= 4 is 18.3 Å². The quantitative estimate of drug-likeness (QED) is 0.862. The van der Waals surface area contributed by atoms with Crippen LogP contribution in [-0.2, 0) is 11.3 Å². The molecular formula is C17H27ClFN3O. The number of likely N-dealkylation sites (N-methyl/N-ethyl adjacent to an activating group) is 1. The minimum absolute atomic E-state index is 0. The van der Waals surface area contributed by atoms with Crippen LogP contribution in [0.1, 0.15) is 25.8 Å². The number of halogens is 2. The predicted octanol–water partition coefficient (Wildman–Crippen LogP) is 2.27. The van der Waals surface area contributed by atoms with Crippen LogP contribution in [-0.4, -0.2) is 48.4 Å². The first kappa shape index (κ1) is 19.9. The molecule has 1 aliphatic rings. The zero-order valence-electron chi connectivity index (χ0n) is 13.9. The van der Waals surface area contributed by atoms with Crippen LogP contribution in [0.2, 0.25) is 0 Å². The van der Waals surface area contributed by atoms with E-state index in [1.807, 2.05) is 13.0 Å². The summed E-state index contributed by atoms with van der Waals surface area (Å²) in [5.41, 5.74) is 6.75. The van der Waals surface area contributed by atoms with Crippen molar-refractivity contribution in [2.75, 3.05) is 32.7 Å². The zero-order chi connectivity index (χ0) is 16.2. The lowest BCUT2D eigenvalue weighted by atomic mass is 9.90. The van der Waals surface area contributed by atoms with Crippen LogP contribution in [0, 0.1) is 11.2 Å². The van der Waals surface area contributed by atoms with Gasteiger partial charge in [0.2, 0.25) is 5.91 Å². The Balaban J connectivity index is 0.00000264. The minimum Gasteiger partial charge on any atom is -0.338 e. The van der Waals surface area contributed by atoms with Crippen molar-refractivity contribution in [3.05, 3.63) is 35.6 Å². The molecule has 0 aliphatic carbocycles. The van der Waals surface area contributed by atoms with Gasteiger partial charge >= 0.3 is 0 Å². The summed E-state index contributed by atoms with van der Waals surface area (Å²) in [5.74, 6) is -0.174. The highest BCUT2D eigenvalue weighted by molar-refractivity contribution is 5.85. The van der Waals surface area contributed by atoms with Crippen molar-refractivity contribution in [3.63, 3.8) is 0 Å². The predicted molar refractivity (Wildman–Crippen MR) is 93.0 cm³/mol. The third-order valence-electron chi connectivity index (χ3n) is 4.49. The molecule has 0 radical (unpaired) electrons. The van der Waals surface area contributed by atoms with E-state index >= 15 is 0 Å². The van der Waals surface area contributed by atoms with Crippen molar-refractivity contribution < 1.29 is 9.18 Å². The normalized spacial score (nSPS) is 21.0. The standard InChI is InChI=1S/C17H26FN3O.ClH/c1-3-21(10-14-5-4-6-15(18)9-14)16(22)11-20-8-7-17(2,12-19)13-20;/h4-6,9H,3,7-8,10-13,19H2,1-2H3;1H. The number of likely N-dealkylation sites (tertiary alicyclic amines) is 1. The molecule has 0 aromatic heterocycles. The second-order valence-corrected chi connectivity index (χ2v) is 6.51. The van der Waals surface area contributed by atoms with E-state index in [0.29, 0.717) is 26.2 Å². The average molecular weight is 344 g/mol. The van der Waals surface area contributed by atoms with Gasteiger partial charge in [-0.2, -0.15) is 0 Å². The van der Waals surface area contributed by atoms with Crippen molar-refractivity contribution in [2.45, 2.75) is 26.8 Å². The van der Waals surface area contributed by atoms with Crippen LogP contribution in [0.25, 0.3) is 0 Å². The molecule has 1 saturated heterocycles. The second kappa shape index (κ2) is 8.62. The lowest BCUT2D eigenvalue weighted by molar-refractivity contribution is -0.132. The summed E-state index contributed by atoms with van der Waals surface area (Å²) in [5, 5.41) is 0.